The Hall–Kier alpha value is -3.81. The standard InChI is InChI=1S/C24H21FN4O3/c1-13-21(27-28(2)22(13)14-6-4-3-5-7-14)17-10-15-12-29(24(32)16(15)11-18(17)25)19-8-9-20(30)26-23(19)31/h3-7,10-11,19H,8-9,12H2,1-2H3,(H,26,30,31). The van der Waals surface area contributed by atoms with Crippen LogP contribution < -0.4 is 5.32 Å². The Morgan fingerprint density at radius 2 is 1.84 bits per heavy atom. The molecule has 1 saturated heterocycles. The van der Waals surface area contributed by atoms with Crippen molar-refractivity contribution in [1.82, 2.24) is 20.0 Å². The van der Waals surface area contributed by atoms with Crippen molar-refractivity contribution in [1.29, 1.82) is 0 Å². The topological polar surface area (TPSA) is 84.3 Å². The average molecular weight is 432 g/mol. The highest BCUT2D eigenvalue weighted by Crippen LogP contribution is 2.36. The quantitative estimate of drug-likeness (QED) is 0.645. The van der Waals surface area contributed by atoms with Crippen LogP contribution in [0.5, 0.6) is 0 Å². The first-order valence-electron chi connectivity index (χ1n) is 10.4. The van der Waals surface area contributed by atoms with Gasteiger partial charge < -0.3 is 4.90 Å². The fraction of sp³-hybridized carbons (Fsp3) is 0.250. The third-order valence-electron chi connectivity index (χ3n) is 6.20. The predicted molar refractivity (Wildman–Crippen MR) is 115 cm³/mol. The number of carbonyl (C=O) groups excluding carboxylic acids is 3. The number of aryl methyl sites for hydroxylation is 1. The van der Waals surface area contributed by atoms with Gasteiger partial charge in [0.15, 0.2) is 0 Å². The van der Waals surface area contributed by atoms with Crippen LogP contribution in [0, 0.1) is 12.7 Å². The lowest BCUT2D eigenvalue weighted by atomic mass is 9.99. The van der Waals surface area contributed by atoms with Crippen LogP contribution >= 0.6 is 0 Å². The molecule has 32 heavy (non-hydrogen) atoms. The number of rotatable bonds is 3. The van der Waals surface area contributed by atoms with Gasteiger partial charge in [-0.15, -0.1) is 0 Å². The first-order valence-corrected chi connectivity index (χ1v) is 10.4. The molecule has 1 atom stereocenters. The minimum Gasteiger partial charge on any atom is -0.322 e. The van der Waals surface area contributed by atoms with E-state index in [4.69, 9.17) is 0 Å². The number of nitrogens with zero attached hydrogens (tertiary/aromatic N) is 3. The second-order valence-electron chi connectivity index (χ2n) is 8.20. The molecule has 7 nitrogen and oxygen atoms in total. The van der Waals surface area contributed by atoms with Gasteiger partial charge in [-0.3, -0.25) is 24.4 Å². The van der Waals surface area contributed by atoms with Crippen molar-refractivity contribution in [3.63, 3.8) is 0 Å². The number of aromatic nitrogens is 2. The van der Waals surface area contributed by atoms with Crippen LogP contribution in [0.2, 0.25) is 0 Å². The molecular formula is C24H21FN4O3. The Balaban J connectivity index is 1.52. The first kappa shape index (κ1) is 20.1. The molecule has 1 fully saturated rings. The number of fused-ring (bicyclic) bond motifs is 1. The van der Waals surface area contributed by atoms with Gasteiger partial charge in [-0.25, -0.2) is 4.39 Å². The fourth-order valence-electron chi connectivity index (χ4n) is 4.66. The highest BCUT2D eigenvalue weighted by atomic mass is 19.1. The van der Waals surface area contributed by atoms with Gasteiger partial charge in [0.25, 0.3) is 5.91 Å². The lowest BCUT2D eigenvalue weighted by Crippen LogP contribution is -2.52. The summed E-state index contributed by atoms with van der Waals surface area (Å²) in [5, 5.41) is 6.84. The molecule has 1 N–H and O–H groups in total. The number of carbonyl (C=O) groups is 3. The van der Waals surface area contributed by atoms with E-state index in [1.54, 1.807) is 10.7 Å². The fourth-order valence-corrected chi connectivity index (χ4v) is 4.66. The molecule has 3 aromatic rings. The van der Waals surface area contributed by atoms with E-state index in [0.717, 1.165) is 16.8 Å². The van der Waals surface area contributed by atoms with Crippen molar-refractivity contribution in [2.75, 3.05) is 0 Å². The zero-order chi connectivity index (χ0) is 22.6. The SMILES string of the molecule is Cc1c(-c2cc3c(cc2F)C(=O)N(C2CCC(=O)NC2=O)C3)nn(C)c1-c1ccccc1. The van der Waals surface area contributed by atoms with Crippen molar-refractivity contribution in [3.8, 4) is 22.5 Å². The van der Waals surface area contributed by atoms with E-state index in [-0.39, 0.29) is 30.9 Å². The monoisotopic (exact) mass is 432 g/mol. The van der Waals surface area contributed by atoms with Crippen LogP contribution in [-0.4, -0.2) is 38.4 Å². The summed E-state index contributed by atoms with van der Waals surface area (Å²) < 4.78 is 16.9. The third kappa shape index (κ3) is 3.10. The number of imide groups is 1. The summed E-state index contributed by atoms with van der Waals surface area (Å²) in [6.07, 6.45) is 0.436. The number of piperidine rings is 1. The molecule has 0 radical (unpaired) electrons. The lowest BCUT2D eigenvalue weighted by molar-refractivity contribution is -0.136. The van der Waals surface area contributed by atoms with Crippen LogP contribution in [0.15, 0.2) is 42.5 Å². The van der Waals surface area contributed by atoms with Crippen molar-refractivity contribution in [2.24, 2.45) is 7.05 Å². The Kier molecular flexibility index (Phi) is 4.65. The maximum atomic E-state index is 15.2. The van der Waals surface area contributed by atoms with Gasteiger partial charge in [0.05, 0.1) is 11.4 Å². The number of halogens is 1. The summed E-state index contributed by atoms with van der Waals surface area (Å²) in [6.45, 7) is 2.09. The summed E-state index contributed by atoms with van der Waals surface area (Å²) in [4.78, 5) is 38.0. The van der Waals surface area contributed by atoms with Gasteiger partial charge in [0, 0.05) is 42.3 Å². The van der Waals surface area contributed by atoms with Gasteiger partial charge in [0.2, 0.25) is 11.8 Å². The average Bonchev–Trinajstić information content (AvgIpc) is 3.24. The van der Waals surface area contributed by atoms with Crippen molar-refractivity contribution >= 4 is 17.7 Å². The molecule has 0 aliphatic carbocycles. The van der Waals surface area contributed by atoms with Crippen molar-refractivity contribution in [3.05, 3.63) is 65.0 Å². The molecule has 0 spiro atoms. The highest BCUT2D eigenvalue weighted by molar-refractivity contribution is 6.05. The molecule has 1 aromatic heterocycles. The van der Waals surface area contributed by atoms with Crippen LogP contribution in [0.25, 0.3) is 22.5 Å². The van der Waals surface area contributed by atoms with E-state index in [2.05, 4.69) is 10.4 Å². The second-order valence-corrected chi connectivity index (χ2v) is 8.20. The third-order valence-corrected chi connectivity index (χ3v) is 6.20. The molecule has 3 amide bonds. The van der Waals surface area contributed by atoms with Crippen LogP contribution in [0.3, 0.4) is 0 Å². The van der Waals surface area contributed by atoms with Crippen LogP contribution in [0.4, 0.5) is 4.39 Å². The van der Waals surface area contributed by atoms with E-state index >= 15 is 4.39 Å². The maximum Gasteiger partial charge on any atom is 0.255 e. The Bertz CT molecular complexity index is 1280. The van der Waals surface area contributed by atoms with Gasteiger partial charge >= 0.3 is 0 Å². The van der Waals surface area contributed by atoms with E-state index in [1.807, 2.05) is 44.3 Å². The zero-order valence-corrected chi connectivity index (χ0v) is 17.7. The van der Waals surface area contributed by atoms with E-state index in [9.17, 15) is 14.4 Å². The van der Waals surface area contributed by atoms with Gasteiger partial charge in [-0.2, -0.15) is 5.10 Å². The Labute approximate surface area is 183 Å². The second kappa shape index (κ2) is 7.40. The molecule has 8 heteroatoms. The highest BCUT2D eigenvalue weighted by Gasteiger charge is 2.39. The minimum atomic E-state index is -0.736. The number of benzene rings is 2. The molecular weight excluding hydrogens is 411 g/mol. The number of hydrogen-bond donors (Lipinski definition) is 1. The molecule has 2 aliphatic heterocycles. The maximum absolute atomic E-state index is 15.2. The smallest absolute Gasteiger partial charge is 0.255 e. The van der Waals surface area contributed by atoms with Crippen molar-refractivity contribution < 1.29 is 18.8 Å². The van der Waals surface area contributed by atoms with Crippen molar-refractivity contribution in [2.45, 2.75) is 32.4 Å². The number of nitrogens with one attached hydrogen (secondary N) is 1. The largest absolute Gasteiger partial charge is 0.322 e. The molecule has 5 rings (SSSR count). The summed E-state index contributed by atoms with van der Waals surface area (Å²) in [7, 11) is 1.82. The lowest BCUT2D eigenvalue weighted by Gasteiger charge is -2.29. The first-order chi connectivity index (χ1) is 15.3. The normalized spacial score (nSPS) is 18.2. The van der Waals surface area contributed by atoms with E-state index in [0.29, 0.717) is 16.8 Å². The van der Waals surface area contributed by atoms with Gasteiger partial charge in [0.1, 0.15) is 11.9 Å². The number of amides is 3. The molecule has 2 aliphatic rings. The number of hydrogen-bond acceptors (Lipinski definition) is 4. The minimum absolute atomic E-state index is 0.172. The molecule has 0 saturated carbocycles. The zero-order valence-electron chi connectivity index (χ0n) is 17.7. The molecule has 2 aromatic carbocycles. The van der Waals surface area contributed by atoms with Crippen LogP contribution in [-0.2, 0) is 23.2 Å². The summed E-state index contributed by atoms with van der Waals surface area (Å²) in [6, 6.07) is 11.9. The summed E-state index contributed by atoms with van der Waals surface area (Å²) >= 11 is 0. The van der Waals surface area contributed by atoms with Gasteiger partial charge in [-0.1, -0.05) is 30.3 Å². The Morgan fingerprint density at radius 1 is 1.09 bits per heavy atom. The molecule has 3 heterocycles. The van der Waals surface area contributed by atoms with E-state index in [1.165, 1.54) is 11.0 Å². The molecule has 162 valence electrons. The molecule has 1 unspecified atom stereocenters. The predicted octanol–water partition coefficient (Wildman–Crippen LogP) is 2.96. The summed E-state index contributed by atoms with van der Waals surface area (Å²) in [5.74, 6) is -1.77. The summed E-state index contributed by atoms with van der Waals surface area (Å²) in [5.41, 5.74) is 4.42. The van der Waals surface area contributed by atoms with Gasteiger partial charge in [-0.05, 0) is 31.0 Å². The van der Waals surface area contributed by atoms with E-state index < -0.39 is 23.7 Å². The van der Waals surface area contributed by atoms with Crippen LogP contribution in [0.1, 0.15) is 34.3 Å². The molecule has 0 bridgehead atoms. The Morgan fingerprint density at radius 3 is 2.56 bits per heavy atom.